The molecular formula is C16H13N2O4-. The largest absolute Gasteiger partial charge is 0.545 e. The maximum atomic E-state index is 10.9. The molecule has 0 aliphatic carbocycles. The minimum atomic E-state index is -1.23. The van der Waals surface area contributed by atoms with Crippen molar-refractivity contribution < 1.29 is 19.4 Å². The number of benzene rings is 2. The predicted molar refractivity (Wildman–Crippen MR) is 78.5 cm³/mol. The molecule has 0 aliphatic heterocycles. The van der Waals surface area contributed by atoms with Crippen molar-refractivity contribution in [3.63, 3.8) is 0 Å². The van der Waals surface area contributed by atoms with Gasteiger partial charge in [-0.3, -0.25) is 4.57 Å². The quantitative estimate of drug-likeness (QED) is 0.727. The van der Waals surface area contributed by atoms with Crippen molar-refractivity contribution in [3.8, 4) is 17.2 Å². The number of carboxylic acids is 1. The molecule has 0 N–H and O–H groups in total. The highest BCUT2D eigenvalue weighted by molar-refractivity contribution is 5.91. The number of fused-ring (bicyclic) bond motifs is 1. The fraction of sp³-hybridized carbons (Fsp3) is 0.125. The van der Waals surface area contributed by atoms with Gasteiger partial charge in [-0.25, -0.2) is 4.98 Å². The third-order valence-electron chi connectivity index (χ3n) is 3.43. The Morgan fingerprint density at radius 2 is 1.95 bits per heavy atom. The number of hydrogen-bond acceptors (Lipinski definition) is 5. The Morgan fingerprint density at radius 3 is 2.64 bits per heavy atom. The second-order valence-corrected chi connectivity index (χ2v) is 4.64. The maximum Gasteiger partial charge on any atom is 0.143 e. The van der Waals surface area contributed by atoms with Crippen LogP contribution in [0.1, 0.15) is 10.4 Å². The lowest BCUT2D eigenvalue weighted by atomic mass is 10.2. The molecule has 1 aromatic heterocycles. The molecular weight excluding hydrogens is 284 g/mol. The molecule has 2 aromatic carbocycles. The number of methoxy groups -OCH3 is 2. The van der Waals surface area contributed by atoms with Gasteiger partial charge in [-0.1, -0.05) is 6.07 Å². The van der Waals surface area contributed by atoms with Crippen LogP contribution >= 0.6 is 0 Å². The summed E-state index contributed by atoms with van der Waals surface area (Å²) in [6, 6.07) is 10.1. The molecule has 22 heavy (non-hydrogen) atoms. The molecule has 0 bridgehead atoms. The summed E-state index contributed by atoms with van der Waals surface area (Å²) in [5.74, 6) is 0.114. The zero-order valence-electron chi connectivity index (χ0n) is 12.1. The van der Waals surface area contributed by atoms with Crippen LogP contribution in [0.2, 0.25) is 0 Å². The van der Waals surface area contributed by atoms with E-state index in [1.807, 2.05) is 10.6 Å². The number of carboxylic acid groups (broad SMARTS) is 1. The van der Waals surface area contributed by atoms with Gasteiger partial charge in [-0.15, -0.1) is 0 Å². The Labute approximate surface area is 126 Å². The molecule has 6 heteroatoms. The van der Waals surface area contributed by atoms with Gasteiger partial charge in [0.15, 0.2) is 0 Å². The van der Waals surface area contributed by atoms with Gasteiger partial charge in [-0.2, -0.15) is 0 Å². The van der Waals surface area contributed by atoms with Crippen molar-refractivity contribution >= 4 is 17.0 Å². The van der Waals surface area contributed by atoms with Gasteiger partial charge in [-0.05, 0) is 29.8 Å². The van der Waals surface area contributed by atoms with E-state index in [9.17, 15) is 9.90 Å². The van der Waals surface area contributed by atoms with E-state index in [1.54, 1.807) is 38.7 Å². The molecule has 3 aromatic rings. The SMILES string of the molecule is COc1ccc(OC)c(-n2cnc3cc(C(=O)[O-])ccc32)c1. The molecule has 0 aliphatic rings. The van der Waals surface area contributed by atoms with E-state index in [1.165, 1.54) is 12.1 Å². The standard InChI is InChI=1S/C16H14N2O4/c1-21-11-4-6-15(22-2)14(8-11)18-9-17-12-7-10(16(19)20)3-5-13(12)18/h3-9H,1-2H3,(H,19,20)/p-1. The zero-order valence-corrected chi connectivity index (χ0v) is 12.1. The number of nitrogens with zero attached hydrogens (tertiary/aromatic N) is 2. The molecule has 0 fully saturated rings. The number of hydrogen-bond donors (Lipinski definition) is 0. The van der Waals surface area contributed by atoms with Gasteiger partial charge in [0, 0.05) is 6.07 Å². The van der Waals surface area contributed by atoms with Crippen LogP contribution in [0.25, 0.3) is 16.7 Å². The topological polar surface area (TPSA) is 76.4 Å². The minimum absolute atomic E-state index is 0.0929. The van der Waals surface area contributed by atoms with Gasteiger partial charge in [0.2, 0.25) is 0 Å². The first kappa shape index (κ1) is 13.9. The number of carbonyl (C=O) groups is 1. The van der Waals surface area contributed by atoms with Crippen LogP contribution in [0, 0.1) is 0 Å². The van der Waals surface area contributed by atoms with Crippen LogP contribution in [-0.2, 0) is 0 Å². The van der Waals surface area contributed by atoms with E-state index in [0.29, 0.717) is 17.0 Å². The van der Waals surface area contributed by atoms with Crippen LogP contribution < -0.4 is 14.6 Å². The van der Waals surface area contributed by atoms with Crippen molar-refractivity contribution in [2.24, 2.45) is 0 Å². The fourth-order valence-corrected chi connectivity index (χ4v) is 2.32. The lowest BCUT2D eigenvalue weighted by Crippen LogP contribution is -2.21. The number of rotatable bonds is 4. The van der Waals surface area contributed by atoms with Crippen molar-refractivity contribution in [2.75, 3.05) is 14.2 Å². The van der Waals surface area contributed by atoms with E-state index in [4.69, 9.17) is 9.47 Å². The summed E-state index contributed by atoms with van der Waals surface area (Å²) < 4.78 is 12.4. The van der Waals surface area contributed by atoms with E-state index in [2.05, 4.69) is 4.98 Å². The molecule has 6 nitrogen and oxygen atoms in total. The summed E-state index contributed by atoms with van der Waals surface area (Å²) in [4.78, 5) is 15.2. The average Bonchev–Trinajstić information content (AvgIpc) is 2.97. The van der Waals surface area contributed by atoms with Gasteiger partial charge < -0.3 is 19.4 Å². The normalized spacial score (nSPS) is 10.6. The number of ether oxygens (including phenoxy) is 2. The lowest BCUT2D eigenvalue weighted by Gasteiger charge is -2.12. The van der Waals surface area contributed by atoms with Gasteiger partial charge in [0.1, 0.15) is 17.8 Å². The molecule has 0 unspecified atom stereocenters. The van der Waals surface area contributed by atoms with Crippen LogP contribution in [0.3, 0.4) is 0 Å². The summed E-state index contributed by atoms with van der Waals surface area (Å²) in [6.45, 7) is 0. The molecule has 0 saturated heterocycles. The van der Waals surface area contributed by atoms with Crippen LogP contribution in [0.5, 0.6) is 11.5 Å². The Kier molecular flexibility index (Phi) is 3.42. The lowest BCUT2D eigenvalue weighted by molar-refractivity contribution is -0.255. The molecule has 1 heterocycles. The fourth-order valence-electron chi connectivity index (χ4n) is 2.32. The highest BCUT2D eigenvalue weighted by atomic mass is 16.5. The highest BCUT2D eigenvalue weighted by Gasteiger charge is 2.11. The van der Waals surface area contributed by atoms with Gasteiger partial charge >= 0.3 is 0 Å². The van der Waals surface area contributed by atoms with Gasteiger partial charge in [0.25, 0.3) is 0 Å². The molecule has 0 spiro atoms. The smallest absolute Gasteiger partial charge is 0.143 e. The summed E-state index contributed by atoms with van der Waals surface area (Å²) in [7, 11) is 3.17. The Bertz CT molecular complexity index is 854. The van der Waals surface area contributed by atoms with E-state index < -0.39 is 5.97 Å². The molecule has 3 rings (SSSR count). The van der Waals surface area contributed by atoms with Crippen molar-refractivity contribution in [1.29, 1.82) is 0 Å². The number of aromatic nitrogens is 2. The Morgan fingerprint density at radius 1 is 1.14 bits per heavy atom. The summed E-state index contributed by atoms with van der Waals surface area (Å²) in [5, 5.41) is 10.9. The average molecular weight is 297 g/mol. The van der Waals surface area contributed by atoms with Crippen molar-refractivity contribution in [2.45, 2.75) is 0 Å². The monoisotopic (exact) mass is 297 g/mol. The van der Waals surface area contributed by atoms with E-state index >= 15 is 0 Å². The molecule has 0 atom stereocenters. The first-order chi connectivity index (χ1) is 10.6. The maximum absolute atomic E-state index is 10.9. The first-order valence-electron chi connectivity index (χ1n) is 6.55. The highest BCUT2D eigenvalue weighted by Crippen LogP contribution is 2.30. The molecule has 112 valence electrons. The Hall–Kier alpha value is -3.02. The number of imidazole rings is 1. The van der Waals surface area contributed by atoms with E-state index in [0.717, 1.165) is 11.2 Å². The minimum Gasteiger partial charge on any atom is -0.545 e. The second-order valence-electron chi connectivity index (χ2n) is 4.64. The molecule has 0 amide bonds. The predicted octanol–water partition coefficient (Wildman–Crippen LogP) is 1.41. The van der Waals surface area contributed by atoms with Crippen LogP contribution in [0.4, 0.5) is 0 Å². The summed E-state index contributed by atoms with van der Waals surface area (Å²) >= 11 is 0. The van der Waals surface area contributed by atoms with Crippen LogP contribution in [0.15, 0.2) is 42.7 Å². The third kappa shape index (κ3) is 2.24. The third-order valence-corrected chi connectivity index (χ3v) is 3.43. The molecule has 0 radical (unpaired) electrons. The molecule has 0 saturated carbocycles. The zero-order chi connectivity index (χ0) is 15.7. The summed E-state index contributed by atoms with van der Waals surface area (Å²) in [5.41, 5.74) is 2.17. The number of aromatic carboxylic acids is 1. The number of carbonyl (C=O) groups excluding carboxylic acids is 1. The van der Waals surface area contributed by atoms with Crippen molar-refractivity contribution in [3.05, 3.63) is 48.3 Å². The second kappa shape index (κ2) is 5.40. The van der Waals surface area contributed by atoms with E-state index in [-0.39, 0.29) is 5.56 Å². The summed E-state index contributed by atoms with van der Waals surface area (Å²) in [6.07, 6.45) is 1.61. The first-order valence-corrected chi connectivity index (χ1v) is 6.55. The van der Waals surface area contributed by atoms with Gasteiger partial charge in [0.05, 0.1) is 36.9 Å². The van der Waals surface area contributed by atoms with Crippen molar-refractivity contribution in [1.82, 2.24) is 9.55 Å². The Balaban J connectivity index is 2.20. The van der Waals surface area contributed by atoms with Crippen LogP contribution in [-0.4, -0.2) is 29.7 Å².